The van der Waals surface area contributed by atoms with E-state index in [4.69, 9.17) is 23.2 Å². The molecule has 0 unspecified atom stereocenters. The normalized spacial score (nSPS) is 10.9. The summed E-state index contributed by atoms with van der Waals surface area (Å²) >= 11 is 12.0. The molecule has 0 aliphatic carbocycles. The third-order valence-corrected chi connectivity index (χ3v) is 5.03. The van der Waals surface area contributed by atoms with E-state index >= 15 is 0 Å². The highest BCUT2D eigenvalue weighted by Gasteiger charge is 2.22. The monoisotopic (exact) mass is 438 g/mol. The number of aromatic carboxylic acids is 1. The number of nitrogens with zero attached hydrogens (tertiary/aromatic N) is 2. The largest absolute Gasteiger partial charge is 0.477 e. The fraction of sp³-hybridized carbons (Fsp3) is 0.150. The summed E-state index contributed by atoms with van der Waals surface area (Å²) in [6.45, 7) is 2.03. The molecule has 0 radical (unpaired) electrons. The van der Waals surface area contributed by atoms with Gasteiger partial charge in [-0.25, -0.2) is 14.2 Å². The van der Waals surface area contributed by atoms with Crippen molar-refractivity contribution in [3.05, 3.63) is 85.4 Å². The molecule has 9 heteroatoms. The Hall–Kier alpha value is -2.77. The van der Waals surface area contributed by atoms with E-state index in [0.717, 1.165) is 12.1 Å². The van der Waals surface area contributed by atoms with Gasteiger partial charge < -0.3 is 9.67 Å². The van der Waals surface area contributed by atoms with Crippen molar-refractivity contribution in [3.8, 4) is 11.3 Å². The van der Waals surface area contributed by atoms with E-state index in [0.29, 0.717) is 17.3 Å². The molecule has 3 aromatic rings. The lowest BCUT2D eigenvalue weighted by Crippen LogP contribution is -2.23. The number of pyridine rings is 2. The van der Waals surface area contributed by atoms with Gasteiger partial charge in [-0.2, -0.15) is 4.39 Å². The highest BCUT2D eigenvalue weighted by atomic mass is 35.5. The van der Waals surface area contributed by atoms with Crippen molar-refractivity contribution in [1.29, 1.82) is 0 Å². The van der Waals surface area contributed by atoms with Gasteiger partial charge >= 0.3 is 5.97 Å². The standard InChI is InChI=1S/C20H14Cl2F2N2O3/c1-2-26-13(8-12-6-11(23)7-17(24)25-12)9-16(27)18(20(28)29)19(26)10-3-4-14(21)15(22)5-10/h3-7,9H,2,8H2,1H3,(H,28,29). The van der Waals surface area contributed by atoms with Crippen LogP contribution in [0.25, 0.3) is 11.3 Å². The van der Waals surface area contributed by atoms with Gasteiger partial charge in [-0.1, -0.05) is 29.3 Å². The lowest BCUT2D eigenvalue weighted by Gasteiger charge is -2.20. The van der Waals surface area contributed by atoms with Crippen LogP contribution >= 0.6 is 23.2 Å². The Kier molecular flexibility index (Phi) is 6.00. The predicted octanol–water partition coefficient (Wildman–Crippen LogP) is 4.80. The number of aromatic nitrogens is 2. The fourth-order valence-electron chi connectivity index (χ4n) is 3.15. The van der Waals surface area contributed by atoms with Crippen molar-refractivity contribution < 1.29 is 18.7 Å². The molecule has 0 spiro atoms. The Morgan fingerprint density at radius 2 is 1.86 bits per heavy atom. The van der Waals surface area contributed by atoms with Gasteiger partial charge in [0.1, 0.15) is 11.4 Å². The molecule has 0 aliphatic rings. The maximum Gasteiger partial charge on any atom is 0.341 e. The van der Waals surface area contributed by atoms with E-state index in [2.05, 4.69) is 4.98 Å². The minimum Gasteiger partial charge on any atom is -0.477 e. The van der Waals surface area contributed by atoms with Crippen molar-refractivity contribution in [2.24, 2.45) is 0 Å². The van der Waals surface area contributed by atoms with Crippen LogP contribution in [0, 0.1) is 11.8 Å². The van der Waals surface area contributed by atoms with Crippen molar-refractivity contribution >= 4 is 29.2 Å². The average Bonchev–Trinajstić information content (AvgIpc) is 2.62. The smallest absolute Gasteiger partial charge is 0.341 e. The first-order valence-corrected chi connectivity index (χ1v) is 9.24. The Bertz CT molecular complexity index is 1160. The second kappa shape index (κ2) is 8.31. The number of hydrogen-bond acceptors (Lipinski definition) is 3. The average molecular weight is 439 g/mol. The highest BCUT2D eigenvalue weighted by Crippen LogP contribution is 2.31. The van der Waals surface area contributed by atoms with Crippen LogP contribution in [0.5, 0.6) is 0 Å². The molecule has 1 aromatic carbocycles. The molecule has 1 N–H and O–H groups in total. The third-order valence-electron chi connectivity index (χ3n) is 4.29. The molecule has 2 aromatic heterocycles. The molecule has 2 heterocycles. The number of carboxylic acids is 1. The summed E-state index contributed by atoms with van der Waals surface area (Å²) in [5, 5.41) is 10.1. The van der Waals surface area contributed by atoms with Gasteiger partial charge in [0.05, 0.1) is 21.4 Å². The fourth-order valence-corrected chi connectivity index (χ4v) is 3.45. The van der Waals surface area contributed by atoms with Crippen LogP contribution in [0.1, 0.15) is 28.7 Å². The lowest BCUT2D eigenvalue weighted by atomic mass is 10.0. The van der Waals surface area contributed by atoms with Gasteiger partial charge in [-0.3, -0.25) is 4.79 Å². The van der Waals surface area contributed by atoms with Crippen LogP contribution in [-0.4, -0.2) is 20.6 Å². The van der Waals surface area contributed by atoms with Gasteiger partial charge in [-0.15, -0.1) is 0 Å². The van der Waals surface area contributed by atoms with Crippen molar-refractivity contribution in [2.75, 3.05) is 0 Å². The highest BCUT2D eigenvalue weighted by molar-refractivity contribution is 6.42. The molecule has 0 aliphatic heterocycles. The third kappa shape index (κ3) is 4.31. The Balaban J connectivity index is 2.28. The van der Waals surface area contributed by atoms with Crippen molar-refractivity contribution in [3.63, 3.8) is 0 Å². The number of benzene rings is 1. The van der Waals surface area contributed by atoms with Crippen LogP contribution in [0.2, 0.25) is 10.0 Å². The Labute approximate surface area is 174 Å². The second-order valence-electron chi connectivity index (χ2n) is 6.18. The van der Waals surface area contributed by atoms with Gasteiger partial charge in [0.25, 0.3) is 0 Å². The quantitative estimate of drug-likeness (QED) is 0.580. The van der Waals surface area contributed by atoms with E-state index in [1.54, 1.807) is 17.6 Å². The molecule has 5 nitrogen and oxygen atoms in total. The first-order chi connectivity index (χ1) is 13.7. The first-order valence-electron chi connectivity index (χ1n) is 8.48. The van der Waals surface area contributed by atoms with Crippen molar-refractivity contribution in [1.82, 2.24) is 9.55 Å². The number of rotatable bonds is 5. The maximum atomic E-state index is 13.5. The topological polar surface area (TPSA) is 72.2 Å². The molecule has 0 atom stereocenters. The summed E-state index contributed by atoms with van der Waals surface area (Å²) in [5.41, 5.74) is -0.273. The number of hydrogen-bond donors (Lipinski definition) is 1. The minimum atomic E-state index is -1.40. The molecule has 0 saturated carbocycles. The zero-order chi connectivity index (χ0) is 21.3. The second-order valence-corrected chi connectivity index (χ2v) is 6.99. The number of carboxylic acid groups (broad SMARTS) is 1. The van der Waals surface area contributed by atoms with Crippen LogP contribution in [-0.2, 0) is 13.0 Å². The van der Waals surface area contributed by atoms with Crippen LogP contribution < -0.4 is 5.43 Å². The summed E-state index contributed by atoms with van der Waals surface area (Å²) < 4.78 is 28.6. The maximum absolute atomic E-state index is 13.5. The van der Waals surface area contributed by atoms with Crippen LogP contribution in [0.3, 0.4) is 0 Å². The van der Waals surface area contributed by atoms with Gasteiger partial charge in [0.15, 0.2) is 5.43 Å². The molecule has 3 rings (SSSR count). The summed E-state index contributed by atoms with van der Waals surface area (Å²) in [6, 6.07) is 7.33. The minimum absolute atomic E-state index is 0.0623. The molecule has 0 bridgehead atoms. The van der Waals surface area contributed by atoms with E-state index in [9.17, 15) is 23.5 Å². The Morgan fingerprint density at radius 3 is 2.45 bits per heavy atom. The number of carbonyl (C=O) groups is 1. The lowest BCUT2D eigenvalue weighted by molar-refractivity contribution is 0.0695. The zero-order valence-electron chi connectivity index (χ0n) is 15.0. The molecular weight excluding hydrogens is 425 g/mol. The molecular formula is C20H14Cl2F2N2O3. The SMILES string of the molecule is CCn1c(Cc2cc(F)cc(F)n2)cc(=O)c(C(=O)O)c1-c1ccc(Cl)c(Cl)c1. The summed E-state index contributed by atoms with van der Waals surface area (Å²) in [6.07, 6.45) is -0.0774. The van der Waals surface area contributed by atoms with Gasteiger partial charge in [-0.05, 0) is 25.1 Å². The summed E-state index contributed by atoms with van der Waals surface area (Å²) in [7, 11) is 0. The summed E-state index contributed by atoms with van der Waals surface area (Å²) in [5.74, 6) is -3.19. The van der Waals surface area contributed by atoms with Gasteiger partial charge in [0, 0.05) is 36.4 Å². The zero-order valence-corrected chi connectivity index (χ0v) is 16.6. The van der Waals surface area contributed by atoms with E-state index in [-0.39, 0.29) is 34.4 Å². The van der Waals surface area contributed by atoms with E-state index in [1.165, 1.54) is 12.1 Å². The molecule has 150 valence electrons. The molecule has 0 fully saturated rings. The molecule has 29 heavy (non-hydrogen) atoms. The van der Waals surface area contributed by atoms with E-state index in [1.807, 2.05) is 0 Å². The molecule has 0 saturated heterocycles. The Morgan fingerprint density at radius 1 is 1.14 bits per heavy atom. The van der Waals surface area contributed by atoms with Crippen LogP contribution in [0.15, 0.2) is 41.2 Å². The van der Waals surface area contributed by atoms with E-state index < -0.39 is 28.7 Å². The first kappa shape index (κ1) is 21.0. The van der Waals surface area contributed by atoms with Crippen molar-refractivity contribution in [2.45, 2.75) is 19.9 Å². The van der Waals surface area contributed by atoms with Crippen LogP contribution in [0.4, 0.5) is 8.78 Å². The molecule has 0 amide bonds. The number of halogens is 4. The predicted molar refractivity (Wildman–Crippen MR) is 106 cm³/mol. The summed E-state index contributed by atoms with van der Waals surface area (Å²) in [4.78, 5) is 28.1. The van der Waals surface area contributed by atoms with Gasteiger partial charge in [0.2, 0.25) is 5.95 Å².